The number of nitrogens with zero attached hydrogens (tertiary/aromatic N) is 2. The fraction of sp³-hybridized carbons (Fsp3) is 0.115. The van der Waals surface area contributed by atoms with E-state index < -0.39 is 23.2 Å². The standard InChI is InChI=1S/C26H20F2N2O2/c1-17(25(31)14-18-12-22(27)16-23(28)13-18)30-26(32)11-10-24(29-30)21-9-5-8-20(15-21)19-6-3-2-4-7-19/h2-13,15-17H,14H2,1H3. The summed E-state index contributed by atoms with van der Waals surface area (Å²) in [7, 11) is 0. The Morgan fingerprint density at radius 3 is 2.22 bits per heavy atom. The molecule has 0 radical (unpaired) electrons. The number of carbonyl (C=O) groups excluding carboxylic acids is 1. The Labute approximate surface area is 183 Å². The third-order valence-electron chi connectivity index (χ3n) is 5.22. The quantitative estimate of drug-likeness (QED) is 0.421. The summed E-state index contributed by atoms with van der Waals surface area (Å²) in [5, 5.41) is 4.41. The van der Waals surface area contributed by atoms with Crippen LogP contribution in [0.1, 0.15) is 18.5 Å². The summed E-state index contributed by atoms with van der Waals surface area (Å²) in [4.78, 5) is 25.2. The smallest absolute Gasteiger partial charge is 0.267 e. The summed E-state index contributed by atoms with van der Waals surface area (Å²) in [5.74, 6) is -1.88. The van der Waals surface area contributed by atoms with Gasteiger partial charge in [0.1, 0.15) is 17.7 Å². The summed E-state index contributed by atoms with van der Waals surface area (Å²) in [6.45, 7) is 1.55. The topological polar surface area (TPSA) is 52.0 Å². The molecule has 3 aromatic carbocycles. The number of hydrogen-bond donors (Lipinski definition) is 0. The van der Waals surface area contributed by atoms with Crippen LogP contribution in [-0.4, -0.2) is 15.6 Å². The first kappa shape index (κ1) is 21.3. The second kappa shape index (κ2) is 9.06. The average molecular weight is 430 g/mol. The predicted molar refractivity (Wildman–Crippen MR) is 119 cm³/mol. The van der Waals surface area contributed by atoms with Crippen LogP contribution < -0.4 is 5.56 Å². The van der Waals surface area contributed by atoms with E-state index in [4.69, 9.17) is 0 Å². The largest absolute Gasteiger partial charge is 0.297 e. The Bertz CT molecular complexity index is 1310. The van der Waals surface area contributed by atoms with Crippen LogP contribution in [0.4, 0.5) is 8.78 Å². The Morgan fingerprint density at radius 1 is 0.844 bits per heavy atom. The maximum atomic E-state index is 13.4. The van der Waals surface area contributed by atoms with Gasteiger partial charge >= 0.3 is 0 Å². The minimum Gasteiger partial charge on any atom is -0.297 e. The minimum absolute atomic E-state index is 0.208. The minimum atomic E-state index is -0.897. The lowest BCUT2D eigenvalue weighted by Crippen LogP contribution is -2.30. The molecule has 4 aromatic rings. The van der Waals surface area contributed by atoms with Gasteiger partial charge < -0.3 is 0 Å². The number of carbonyl (C=O) groups is 1. The molecular weight excluding hydrogens is 410 g/mol. The summed E-state index contributed by atoms with van der Waals surface area (Å²) < 4.78 is 28.0. The Morgan fingerprint density at radius 2 is 1.50 bits per heavy atom. The van der Waals surface area contributed by atoms with Crippen molar-refractivity contribution in [3.8, 4) is 22.4 Å². The van der Waals surface area contributed by atoms with E-state index in [9.17, 15) is 18.4 Å². The molecule has 4 nitrogen and oxygen atoms in total. The lowest BCUT2D eigenvalue weighted by atomic mass is 10.0. The van der Waals surface area contributed by atoms with Crippen LogP contribution in [0.3, 0.4) is 0 Å². The number of rotatable bonds is 6. The molecule has 0 saturated carbocycles. The van der Waals surface area contributed by atoms with Crippen molar-refractivity contribution in [2.24, 2.45) is 0 Å². The van der Waals surface area contributed by atoms with Crippen molar-refractivity contribution >= 4 is 5.78 Å². The SMILES string of the molecule is CC(C(=O)Cc1cc(F)cc(F)c1)n1nc(-c2cccc(-c3ccccc3)c2)ccc1=O. The van der Waals surface area contributed by atoms with E-state index >= 15 is 0 Å². The fourth-order valence-corrected chi connectivity index (χ4v) is 3.54. The number of ketones is 1. The fourth-order valence-electron chi connectivity index (χ4n) is 3.54. The third kappa shape index (κ3) is 4.70. The molecule has 0 fully saturated rings. The highest BCUT2D eigenvalue weighted by Gasteiger charge is 2.19. The van der Waals surface area contributed by atoms with Crippen LogP contribution in [-0.2, 0) is 11.2 Å². The zero-order chi connectivity index (χ0) is 22.7. The van der Waals surface area contributed by atoms with E-state index in [0.717, 1.165) is 39.6 Å². The zero-order valence-electron chi connectivity index (χ0n) is 17.3. The van der Waals surface area contributed by atoms with E-state index in [2.05, 4.69) is 5.10 Å². The van der Waals surface area contributed by atoms with Gasteiger partial charge in [0, 0.05) is 24.1 Å². The first-order valence-corrected chi connectivity index (χ1v) is 10.1. The number of aromatic nitrogens is 2. The van der Waals surface area contributed by atoms with Crippen molar-refractivity contribution in [1.82, 2.24) is 9.78 Å². The number of halogens is 2. The van der Waals surface area contributed by atoms with Gasteiger partial charge in [-0.05, 0) is 47.9 Å². The molecule has 0 aliphatic carbocycles. The second-order valence-corrected chi connectivity index (χ2v) is 7.54. The molecule has 32 heavy (non-hydrogen) atoms. The molecule has 0 spiro atoms. The summed E-state index contributed by atoms with van der Waals surface area (Å²) in [6.07, 6.45) is -0.211. The second-order valence-electron chi connectivity index (χ2n) is 7.54. The predicted octanol–water partition coefficient (Wildman–Crippen LogP) is 5.23. The van der Waals surface area contributed by atoms with Crippen molar-refractivity contribution in [1.29, 1.82) is 0 Å². The molecule has 160 valence electrons. The normalized spacial score (nSPS) is 11.8. The summed E-state index contributed by atoms with van der Waals surface area (Å²) >= 11 is 0. The van der Waals surface area contributed by atoms with Gasteiger partial charge in [0.15, 0.2) is 5.78 Å². The van der Waals surface area contributed by atoms with Gasteiger partial charge in [0.25, 0.3) is 5.56 Å². The molecule has 1 atom stereocenters. The molecule has 0 aliphatic heterocycles. The van der Waals surface area contributed by atoms with Crippen LogP contribution in [0.2, 0.25) is 0 Å². The molecule has 1 aromatic heterocycles. The molecule has 0 saturated heterocycles. The summed E-state index contributed by atoms with van der Waals surface area (Å²) in [5.41, 5.74) is 3.16. The van der Waals surface area contributed by atoms with Crippen LogP contribution in [0, 0.1) is 11.6 Å². The van der Waals surface area contributed by atoms with Crippen molar-refractivity contribution < 1.29 is 13.6 Å². The zero-order valence-corrected chi connectivity index (χ0v) is 17.3. The van der Waals surface area contributed by atoms with Gasteiger partial charge in [-0.15, -0.1) is 0 Å². The highest BCUT2D eigenvalue weighted by molar-refractivity contribution is 5.84. The third-order valence-corrected chi connectivity index (χ3v) is 5.22. The van der Waals surface area contributed by atoms with E-state index in [1.54, 1.807) is 13.0 Å². The van der Waals surface area contributed by atoms with E-state index in [1.807, 2.05) is 54.6 Å². The molecule has 6 heteroatoms. The lowest BCUT2D eigenvalue weighted by Gasteiger charge is -2.14. The maximum Gasteiger partial charge on any atom is 0.267 e. The first-order chi connectivity index (χ1) is 15.4. The Kier molecular flexibility index (Phi) is 6.03. The van der Waals surface area contributed by atoms with Crippen LogP contribution >= 0.6 is 0 Å². The van der Waals surface area contributed by atoms with Gasteiger partial charge in [-0.3, -0.25) is 9.59 Å². The molecule has 1 heterocycles. The lowest BCUT2D eigenvalue weighted by molar-refractivity contribution is -0.121. The molecule has 4 rings (SSSR count). The van der Waals surface area contributed by atoms with Crippen molar-refractivity contribution in [3.63, 3.8) is 0 Å². The Hall–Kier alpha value is -3.93. The van der Waals surface area contributed by atoms with Crippen LogP contribution in [0.15, 0.2) is 89.7 Å². The molecule has 0 aliphatic rings. The van der Waals surface area contributed by atoms with E-state index in [1.165, 1.54) is 6.07 Å². The maximum absolute atomic E-state index is 13.4. The van der Waals surface area contributed by atoms with Crippen LogP contribution in [0.5, 0.6) is 0 Å². The van der Waals surface area contributed by atoms with Crippen LogP contribution in [0.25, 0.3) is 22.4 Å². The number of benzene rings is 3. The van der Waals surface area contributed by atoms with Gasteiger partial charge in [0.05, 0.1) is 5.69 Å². The van der Waals surface area contributed by atoms with Gasteiger partial charge in [-0.1, -0.05) is 48.5 Å². The molecular formula is C26H20F2N2O2. The van der Waals surface area contributed by atoms with E-state index in [-0.39, 0.29) is 17.8 Å². The van der Waals surface area contributed by atoms with Crippen molar-refractivity contribution in [2.45, 2.75) is 19.4 Å². The summed E-state index contributed by atoms with van der Waals surface area (Å²) in [6, 6.07) is 22.6. The van der Waals surface area contributed by atoms with Crippen molar-refractivity contribution in [2.75, 3.05) is 0 Å². The molecule has 1 unspecified atom stereocenters. The number of Topliss-reactive ketones (excluding diaryl/α,β-unsaturated/α-hetero) is 1. The molecule has 0 N–H and O–H groups in total. The molecule has 0 amide bonds. The first-order valence-electron chi connectivity index (χ1n) is 10.1. The van der Waals surface area contributed by atoms with Crippen molar-refractivity contribution in [3.05, 3.63) is 112 Å². The highest BCUT2D eigenvalue weighted by Crippen LogP contribution is 2.25. The van der Waals surface area contributed by atoms with E-state index in [0.29, 0.717) is 5.69 Å². The average Bonchev–Trinajstić information content (AvgIpc) is 2.79. The van der Waals surface area contributed by atoms with Gasteiger partial charge in [-0.2, -0.15) is 5.10 Å². The highest BCUT2D eigenvalue weighted by atomic mass is 19.1. The molecule has 0 bridgehead atoms. The van der Waals surface area contributed by atoms with Gasteiger partial charge in [-0.25, -0.2) is 13.5 Å². The monoisotopic (exact) mass is 430 g/mol. The Balaban J connectivity index is 1.63. The van der Waals surface area contributed by atoms with Gasteiger partial charge in [0.2, 0.25) is 0 Å². The number of hydrogen-bond acceptors (Lipinski definition) is 3.